The Morgan fingerprint density at radius 2 is 1.62 bits per heavy atom. The van der Waals surface area contributed by atoms with Crippen LogP contribution in [0.3, 0.4) is 0 Å². The Hall–Kier alpha value is -2.77. The highest BCUT2D eigenvalue weighted by Crippen LogP contribution is 2.57. The second kappa shape index (κ2) is 12.4. The van der Waals surface area contributed by atoms with Gasteiger partial charge in [0.1, 0.15) is 24.0 Å². The fourth-order valence-corrected chi connectivity index (χ4v) is 5.61. The highest BCUT2D eigenvalue weighted by atomic mass is 35.5. The fraction of sp³-hybridized carbons (Fsp3) is 0.516. The van der Waals surface area contributed by atoms with Gasteiger partial charge in [0.05, 0.1) is 12.5 Å². The number of methoxy groups -OCH3 is 1. The summed E-state index contributed by atoms with van der Waals surface area (Å²) in [5.74, 6) is -1.03. The zero-order valence-corrected chi connectivity index (χ0v) is 25.7. The lowest BCUT2D eigenvalue weighted by atomic mass is 9.65. The lowest BCUT2D eigenvalue weighted by molar-refractivity contribution is -0.173. The zero-order valence-electron chi connectivity index (χ0n) is 24.2. The molecule has 1 N–H and O–H groups in total. The van der Waals surface area contributed by atoms with Gasteiger partial charge in [0, 0.05) is 27.9 Å². The highest BCUT2D eigenvalue weighted by Gasteiger charge is 2.59. The van der Waals surface area contributed by atoms with Crippen molar-refractivity contribution < 1.29 is 28.6 Å². The van der Waals surface area contributed by atoms with Crippen molar-refractivity contribution >= 4 is 41.0 Å². The average molecular weight is 593 g/mol. The molecule has 0 saturated heterocycles. The van der Waals surface area contributed by atoms with E-state index in [1.54, 1.807) is 30.3 Å². The molecular formula is C31H39Cl2NO6. The molecule has 1 aliphatic rings. The van der Waals surface area contributed by atoms with Crippen LogP contribution >= 0.6 is 23.2 Å². The van der Waals surface area contributed by atoms with E-state index in [-0.39, 0.29) is 24.9 Å². The van der Waals surface area contributed by atoms with E-state index in [0.717, 1.165) is 5.56 Å². The predicted octanol–water partition coefficient (Wildman–Crippen LogP) is 6.56. The van der Waals surface area contributed by atoms with Crippen LogP contribution in [0, 0.1) is 16.7 Å². The summed E-state index contributed by atoms with van der Waals surface area (Å²) < 4.78 is 16.5. The number of nitrogens with one attached hydrogen (secondary N) is 1. The van der Waals surface area contributed by atoms with Crippen molar-refractivity contribution in [3.63, 3.8) is 0 Å². The summed E-state index contributed by atoms with van der Waals surface area (Å²) in [5, 5.41) is 3.94. The maximum atomic E-state index is 13.5. The molecule has 0 unspecified atom stereocenters. The largest absolute Gasteiger partial charge is 0.489 e. The summed E-state index contributed by atoms with van der Waals surface area (Å²) in [4.78, 5) is 39.3. The topological polar surface area (TPSA) is 90.9 Å². The molecule has 0 aromatic heterocycles. The van der Waals surface area contributed by atoms with Crippen LogP contribution in [0.2, 0.25) is 10.0 Å². The van der Waals surface area contributed by atoms with Gasteiger partial charge in [-0.2, -0.15) is 0 Å². The molecule has 1 aliphatic carbocycles. The third-order valence-electron chi connectivity index (χ3n) is 8.00. The lowest BCUT2D eigenvalue weighted by Crippen LogP contribution is -2.51. The van der Waals surface area contributed by atoms with Gasteiger partial charge in [0.15, 0.2) is 0 Å². The first-order valence-corrected chi connectivity index (χ1v) is 14.1. The first kappa shape index (κ1) is 31.8. The predicted molar refractivity (Wildman–Crippen MR) is 155 cm³/mol. The number of halogens is 2. The number of carbonyl (C=O) groups excluding carboxylic acids is 3. The van der Waals surface area contributed by atoms with E-state index in [1.165, 1.54) is 7.11 Å². The van der Waals surface area contributed by atoms with Gasteiger partial charge in [-0.15, -0.1) is 0 Å². The maximum Gasteiger partial charge on any atom is 0.328 e. The van der Waals surface area contributed by atoms with Crippen molar-refractivity contribution in [1.82, 2.24) is 5.32 Å². The molecule has 1 fully saturated rings. The first-order valence-electron chi connectivity index (χ1n) is 13.4. The SMILES string of the molecule is COC(=O)[C@H](Cc1ccc(OCc2c(Cl)cccc2Cl)cc1)NC(=O)[C@H]1CC[C@@](C)(C(=O)OC(C)(C)C)C1(C)C. The number of rotatable bonds is 9. The number of carbonyl (C=O) groups is 3. The van der Waals surface area contributed by atoms with E-state index in [2.05, 4.69) is 5.32 Å². The van der Waals surface area contributed by atoms with Crippen molar-refractivity contribution in [2.75, 3.05) is 7.11 Å². The molecule has 1 saturated carbocycles. The van der Waals surface area contributed by atoms with Crippen molar-refractivity contribution in [1.29, 1.82) is 0 Å². The summed E-state index contributed by atoms with van der Waals surface area (Å²) in [6, 6.07) is 11.6. The minimum absolute atomic E-state index is 0.206. The Bertz CT molecular complexity index is 1220. The number of hydrogen-bond acceptors (Lipinski definition) is 6. The van der Waals surface area contributed by atoms with E-state index in [1.807, 2.05) is 53.7 Å². The molecular weight excluding hydrogens is 553 g/mol. The summed E-state index contributed by atoms with van der Waals surface area (Å²) >= 11 is 12.4. The zero-order chi connectivity index (χ0) is 29.9. The second-order valence-electron chi connectivity index (χ2n) is 12.1. The number of hydrogen-bond donors (Lipinski definition) is 1. The highest BCUT2D eigenvalue weighted by molar-refractivity contribution is 6.35. The molecule has 218 valence electrons. The van der Waals surface area contributed by atoms with Crippen LogP contribution in [-0.4, -0.2) is 36.6 Å². The lowest BCUT2D eigenvalue weighted by Gasteiger charge is -2.40. The van der Waals surface area contributed by atoms with Crippen molar-refractivity contribution in [3.05, 3.63) is 63.6 Å². The smallest absolute Gasteiger partial charge is 0.328 e. The third-order valence-corrected chi connectivity index (χ3v) is 8.71. The Morgan fingerprint density at radius 1 is 1.02 bits per heavy atom. The monoisotopic (exact) mass is 591 g/mol. The van der Waals surface area contributed by atoms with Crippen molar-refractivity contribution in [2.24, 2.45) is 16.7 Å². The standard InChI is InChI=1S/C31H39Cl2NO6/c1-29(2,3)40-28(37)31(6)16-15-22(30(31,4)5)26(35)34-25(27(36)38-7)17-19-11-13-20(14-12-19)39-18-21-23(32)9-8-10-24(21)33/h8-14,22,25H,15-18H2,1-7H3,(H,34,35)/t22-,25+,31+/m1/s1. The Kier molecular flexibility index (Phi) is 9.84. The Labute approximate surface area is 246 Å². The molecule has 40 heavy (non-hydrogen) atoms. The minimum atomic E-state index is -0.893. The molecule has 0 aliphatic heterocycles. The second-order valence-corrected chi connectivity index (χ2v) is 12.9. The number of esters is 2. The summed E-state index contributed by atoms with van der Waals surface area (Å²) in [6.45, 7) is 11.4. The number of benzene rings is 2. The number of ether oxygens (including phenoxy) is 3. The van der Waals surface area contributed by atoms with Crippen molar-refractivity contribution in [3.8, 4) is 5.75 Å². The third kappa shape index (κ3) is 7.10. The van der Waals surface area contributed by atoms with E-state index in [4.69, 9.17) is 37.4 Å². The summed E-state index contributed by atoms with van der Waals surface area (Å²) in [7, 11) is 1.29. The van der Waals surface area contributed by atoms with Gasteiger partial charge in [-0.3, -0.25) is 9.59 Å². The molecule has 0 heterocycles. The Morgan fingerprint density at radius 3 is 2.17 bits per heavy atom. The van der Waals surface area contributed by atoms with Gasteiger partial charge >= 0.3 is 11.9 Å². The van der Waals surface area contributed by atoms with Gasteiger partial charge < -0.3 is 19.5 Å². The van der Waals surface area contributed by atoms with Crippen LogP contribution in [0.1, 0.15) is 65.5 Å². The van der Waals surface area contributed by atoms with Gasteiger partial charge in [0.2, 0.25) is 5.91 Å². The molecule has 9 heteroatoms. The van der Waals surface area contributed by atoms with Crippen LogP contribution < -0.4 is 10.1 Å². The van der Waals surface area contributed by atoms with Gasteiger partial charge in [-0.05, 0) is 75.8 Å². The van der Waals surface area contributed by atoms with E-state index < -0.39 is 34.4 Å². The molecule has 0 spiro atoms. The van der Waals surface area contributed by atoms with E-state index >= 15 is 0 Å². The van der Waals surface area contributed by atoms with E-state index in [9.17, 15) is 14.4 Å². The summed E-state index contributed by atoms with van der Waals surface area (Å²) in [6.07, 6.45) is 1.24. The van der Waals surface area contributed by atoms with Gasteiger partial charge in [-0.1, -0.05) is 55.2 Å². The van der Waals surface area contributed by atoms with Crippen molar-refractivity contribution in [2.45, 2.75) is 79.1 Å². The Balaban J connectivity index is 1.68. The summed E-state index contributed by atoms with van der Waals surface area (Å²) in [5.41, 5.74) is -0.657. The molecule has 1 amide bonds. The normalized spacial score (nSPS) is 20.9. The minimum Gasteiger partial charge on any atom is -0.489 e. The van der Waals surface area contributed by atoms with Crippen LogP contribution in [0.5, 0.6) is 5.75 Å². The molecule has 2 aromatic rings. The first-order chi connectivity index (χ1) is 18.6. The van der Waals surface area contributed by atoms with Crippen LogP contribution in [0.25, 0.3) is 0 Å². The van der Waals surface area contributed by atoms with Crippen LogP contribution in [-0.2, 0) is 36.9 Å². The fourth-order valence-electron chi connectivity index (χ4n) is 5.11. The van der Waals surface area contributed by atoms with Crippen LogP contribution in [0.15, 0.2) is 42.5 Å². The quantitative estimate of drug-likeness (QED) is 0.332. The molecule has 2 aromatic carbocycles. The molecule has 3 atom stereocenters. The van der Waals surface area contributed by atoms with Gasteiger partial charge in [-0.25, -0.2) is 4.79 Å². The van der Waals surface area contributed by atoms with E-state index in [0.29, 0.717) is 34.2 Å². The number of amides is 1. The molecule has 7 nitrogen and oxygen atoms in total. The maximum absolute atomic E-state index is 13.5. The molecule has 0 radical (unpaired) electrons. The van der Waals surface area contributed by atoms with Gasteiger partial charge in [0.25, 0.3) is 0 Å². The van der Waals surface area contributed by atoms with Crippen LogP contribution in [0.4, 0.5) is 0 Å². The average Bonchev–Trinajstić information content (AvgIpc) is 3.12. The molecule has 0 bridgehead atoms. The molecule has 3 rings (SSSR count).